The van der Waals surface area contributed by atoms with Crippen molar-refractivity contribution in [3.8, 4) is 0 Å². The van der Waals surface area contributed by atoms with Gasteiger partial charge in [-0.15, -0.1) is 0 Å². The van der Waals surface area contributed by atoms with E-state index in [-0.39, 0.29) is 0 Å². The highest BCUT2D eigenvalue weighted by atomic mass is 16.4. The summed E-state index contributed by atoms with van der Waals surface area (Å²) in [6.07, 6.45) is 0. The maximum absolute atomic E-state index is 10.8. The SMILES string of the molecule is CC(C)(C)N=NC(=O)NCC(=O)O. The van der Waals surface area contributed by atoms with Crippen molar-refractivity contribution in [2.75, 3.05) is 6.54 Å². The first-order valence-electron chi connectivity index (χ1n) is 3.74. The van der Waals surface area contributed by atoms with E-state index in [9.17, 15) is 9.59 Å². The third kappa shape index (κ3) is 8.45. The second-order valence-corrected chi connectivity index (χ2v) is 3.42. The van der Waals surface area contributed by atoms with Crippen LogP contribution in [0.5, 0.6) is 0 Å². The maximum Gasteiger partial charge on any atom is 0.359 e. The summed E-state index contributed by atoms with van der Waals surface area (Å²) in [6.45, 7) is 4.89. The Hall–Kier alpha value is -1.46. The molecular formula is C7H13N3O3. The molecule has 0 saturated heterocycles. The third-order valence-corrected chi connectivity index (χ3v) is 0.832. The van der Waals surface area contributed by atoms with Crippen molar-refractivity contribution in [2.45, 2.75) is 26.3 Å². The molecule has 0 aliphatic carbocycles. The summed E-state index contributed by atoms with van der Waals surface area (Å²) in [5.74, 6) is -1.11. The van der Waals surface area contributed by atoms with Crippen LogP contribution >= 0.6 is 0 Å². The Kier molecular flexibility index (Phi) is 4.03. The first-order valence-corrected chi connectivity index (χ1v) is 3.74. The number of urea groups is 1. The molecule has 0 bridgehead atoms. The van der Waals surface area contributed by atoms with Gasteiger partial charge in [-0.25, -0.2) is 4.79 Å². The molecule has 0 saturated carbocycles. The van der Waals surface area contributed by atoms with Gasteiger partial charge in [0.25, 0.3) is 0 Å². The molecule has 2 amide bonds. The van der Waals surface area contributed by atoms with E-state index in [1.54, 1.807) is 20.8 Å². The van der Waals surface area contributed by atoms with Crippen molar-refractivity contribution >= 4 is 12.0 Å². The molecule has 0 heterocycles. The van der Waals surface area contributed by atoms with Crippen molar-refractivity contribution in [3.63, 3.8) is 0 Å². The summed E-state index contributed by atoms with van der Waals surface area (Å²) >= 11 is 0. The van der Waals surface area contributed by atoms with Crippen molar-refractivity contribution in [1.29, 1.82) is 0 Å². The zero-order valence-electron chi connectivity index (χ0n) is 7.87. The zero-order chi connectivity index (χ0) is 10.5. The number of rotatable bonds is 2. The van der Waals surface area contributed by atoms with Crippen molar-refractivity contribution in [3.05, 3.63) is 0 Å². The lowest BCUT2D eigenvalue weighted by atomic mass is 10.1. The van der Waals surface area contributed by atoms with Gasteiger partial charge in [-0.2, -0.15) is 5.11 Å². The van der Waals surface area contributed by atoms with Crippen molar-refractivity contribution in [2.24, 2.45) is 10.2 Å². The zero-order valence-corrected chi connectivity index (χ0v) is 7.87. The molecule has 0 aromatic heterocycles. The molecule has 2 N–H and O–H groups in total. The fourth-order valence-electron chi connectivity index (χ4n) is 0.382. The molecule has 0 aromatic rings. The van der Waals surface area contributed by atoms with Crippen LogP contribution in [0, 0.1) is 0 Å². The lowest BCUT2D eigenvalue weighted by Crippen LogP contribution is -2.26. The van der Waals surface area contributed by atoms with E-state index in [0.29, 0.717) is 0 Å². The Morgan fingerprint density at radius 2 is 1.92 bits per heavy atom. The van der Waals surface area contributed by atoms with Crippen LogP contribution in [0.25, 0.3) is 0 Å². The normalized spacial score (nSPS) is 11.6. The minimum absolute atomic E-state index is 0.430. The number of carboxylic acid groups (broad SMARTS) is 1. The highest BCUT2D eigenvalue weighted by Gasteiger charge is 2.08. The second-order valence-electron chi connectivity index (χ2n) is 3.42. The maximum atomic E-state index is 10.8. The van der Waals surface area contributed by atoms with Crippen LogP contribution < -0.4 is 5.32 Å². The Morgan fingerprint density at radius 1 is 1.38 bits per heavy atom. The Morgan fingerprint density at radius 3 is 2.31 bits per heavy atom. The number of aliphatic carboxylic acids is 1. The van der Waals surface area contributed by atoms with E-state index in [0.717, 1.165) is 0 Å². The number of carbonyl (C=O) groups is 2. The van der Waals surface area contributed by atoms with Gasteiger partial charge in [0.1, 0.15) is 6.54 Å². The predicted molar refractivity (Wildman–Crippen MR) is 45.6 cm³/mol. The van der Waals surface area contributed by atoms with E-state index < -0.39 is 24.1 Å². The molecule has 0 aliphatic heterocycles. The summed E-state index contributed by atoms with van der Waals surface area (Å²) in [6, 6.07) is -0.739. The summed E-state index contributed by atoms with van der Waals surface area (Å²) in [5.41, 5.74) is -0.430. The number of nitrogens with zero attached hydrogens (tertiary/aromatic N) is 2. The third-order valence-electron chi connectivity index (χ3n) is 0.832. The van der Waals surface area contributed by atoms with Crippen LogP contribution in [0.1, 0.15) is 20.8 Å². The molecule has 6 heteroatoms. The monoisotopic (exact) mass is 187 g/mol. The van der Waals surface area contributed by atoms with Crippen LogP contribution in [0.2, 0.25) is 0 Å². The number of carbonyl (C=O) groups excluding carboxylic acids is 1. The number of nitrogens with one attached hydrogen (secondary N) is 1. The summed E-state index contributed by atoms with van der Waals surface area (Å²) < 4.78 is 0. The van der Waals surface area contributed by atoms with E-state index >= 15 is 0 Å². The first kappa shape index (κ1) is 11.5. The van der Waals surface area contributed by atoms with Gasteiger partial charge in [0, 0.05) is 0 Å². The molecule has 0 rings (SSSR count). The van der Waals surface area contributed by atoms with Crippen molar-refractivity contribution in [1.82, 2.24) is 5.32 Å². The highest BCUT2D eigenvalue weighted by molar-refractivity contribution is 5.79. The average Bonchev–Trinajstić information content (AvgIpc) is 1.95. The van der Waals surface area contributed by atoms with E-state index in [1.165, 1.54) is 0 Å². The van der Waals surface area contributed by atoms with Gasteiger partial charge >= 0.3 is 12.0 Å². The number of amides is 2. The molecule has 0 aliphatic rings. The number of hydrogen-bond acceptors (Lipinski definition) is 3. The number of azo groups is 1. The second kappa shape index (κ2) is 4.54. The van der Waals surface area contributed by atoms with Gasteiger partial charge in [-0.3, -0.25) is 4.79 Å². The van der Waals surface area contributed by atoms with Gasteiger partial charge in [-0.1, -0.05) is 5.11 Å². The molecule has 0 fully saturated rings. The van der Waals surface area contributed by atoms with Gasteiger partial charge in [0.2, 0.25) is 0 Å². The quantitative estimate of drug-likeness (QED) is 0.632. The molecule has 0 spiro atoms. The molecule has 0 unspecified atom stereocenters. The van der Waals surface area contributed by atoms with E-state index in [1.807, 2.05) is 0 Å². The summed E-state index contributed by atoms with van der Waals surface area (Å²) in [5, 5.41) is 17.2. The van der Waals surface area contributed by atoms with Gasteiger partial charge < -0.3 is 10.4 Å². The van der Waals surface area contributed by atoms with Gasteiger partial charge in [0.05, 0.1) is 5.54 Å². The van der Waals surface area contributed by atoms with Crippen LogP contribution in [0.3, 0.4) is 0 Å². The van der Waals surface area contributed by atoms with Crippen LogP contribution in [0.15, 0.2) is 10.2 Å². The standard InChI is InChI=1S/C7H13N3O3/c1-7(2,3)10-9-6(13)8-4-5(11)12/h4H2,1-3H3,(H,8,13)(H,11,12). The lowest BCUT2D eigenvalue weighted by Gasteiger charge is -2.07. The minimum Gasteiger partial charge on any atom is -0.480 e. The predicted octanol–water partition coefficient (Wildman–Crippen LogP) is 1.03. The first-order chi connectivity index (χ1) is 5.81. The van der Waals surface area contributed by atoms with Gasteiger partial charge in [0.15, 0.2) is 0 Å². The van der Waals surface area contributed by atoms with E-state index in [2.05, 4.69) is 15.5 Å². The fourth-order valence-corrected chi connectivity index (χ4v) is 0.382. The fraction of sp³-hybridized carbons (Fsp3) is 0.714. The minimum atomic E-state index is -1.11. The molecule has 6 nitrogen and oxygen atoms in total. The lowest BCUT2D eigenvalue weighted by molar-refractivity contribution is -0.135. The summed E-state index contributed by atoms with van der Waals surface area (Å²) in [7, 11) is 0. The number of hydrogen-bond donors (Lipinski definition) is 2. The summed E-state index contributed by atoms with van der Waals surface area (Å²) in [4.78, 5) is 20.8. The topological polar surface area (TPSA) is 91.1 Å². The largest absolute Gasteiger partial charge is 0.480 e. The Bertz CT molecular complexity index is 230. The molecular weight excluding hydrogens is 174 g/mol. The van der Waals surface area contributed by atoms with Crippen LogP contribution in [0.4, 0.5) is 4.79 Å². The molecule has 0 atom stereocenters. The molecule has 13 heavy (non-hydrogen) atoms. The molecule has 0 aromatic carbocycles. The average molecular weight is 187 g/mol. The van der Waals surface area contributed by atoms with Crippen molar-refractivity contribution < 1.29 is 14.7 Å². The smallest absolute Gasteiger partial charge is 0.359 e. The molecule has 74 valence electrons. The molecule has 0 radical (unpaired) electrons. The van der Waals surface area contributed by atoms with Crippen LogP contribution in [-0.4, -0.2) is 29.2 Å². The number of carboxylic acids is 1. The Labute approximate surface area is 76.0 Å². The van der Waals surface area contributed by atoms with Crippen LogP contribution in [-0.2, 0) is 4.79 Å². The Balaban J connectivity index is 3.88. The van der Waals surface area contributed by atoms with E-state index in [4.69, 9.17) is 5.11 Å². The highest BCUT2D eigenvalue weighted by Crippen LogP contribution is 2.06. The van der Waals surface area contributed by atoms with Gasteiger partial charge in [-0.05, 0) is 20.8 Å².